The molecule has 0 atom stereocenters. The highest BCUT2D eigenvalue weighted by Gasteiger charge is 2.11. The van der Waals surface area contributed by atoms with Gasteiger partial charge in [-0.15, -0.1) is 0 Å². The third kappa shape index (κ3) is 4.14. The number of nitrogens with two attached hydrogens (primary N) is 1. The van der Waals surface area contributed by atoms with Crippen molar-refractivity contribution in [3.63, 3.8) is 0 Å². The van der Waals surface area contributed by atoms with Gasteiger partial charge >= 0.3 is 0 Å². The Kier molecular flexibility index (Phi) is 5.57. The Morgan fingerprint density at radius 2 is 2.16 bits per heavy atom. The van der Waals surface area contributed by atoms with E-state index in [4.69, 9.17) is 22.7 Å². The first kappa shape index (κ1) is 14.7. The Hall–Kier alpha value is -0.690. The number of hydrogen-bond donors (Lipinski definition) is 2. The first-order chi connectivity index (χ1) is 9.18. The Morgan fingerprint density at radius 3 is 2.84 bits per heavy atom. The Balaban J connectivity index is 1.92. The molecule has 1 aromatic rings. The van der Waals surface area contributed by atoms with Gasteiger partial charge in [-0.2, -0.15) is 0 Å². The third-order valence-corrected chi connectivity index (χ3v) is 3.97. The average Bonchev–Trinajstić information content (AvgIpc) is 2.39. The van der Waals surface area contributed by atoms with Crippen LogP contribution in [0.1, 0.15) is 5.56 Å². The number of nitrogens with one attached hydrogen (secondary N) is 1. The van der Waals surface area contributed by atoms with E-state index in [1.165, 1.54) is 0 Å². The van der Waals surface area contributed by atoms with Gasteiger partial charge < -0.3 is 15.8 Å². The third-order valence-electron chi connectivity index (χ3n) is 3.11. The van der Waals surface area contributed by atoms with E-state index >= 15 is 0 Å². The monoisotopic (exact) mass is 343 g/mol. The first-order valence-corrected chi connectivity index (χ1v) is 7.51. The SMILES string of the molecule is NC(=S)c1c(Br)cccc1NCCN1CCOCC1. The number of hydrogen-bond acceptors (Lipinski definition) is 4. The zero-order chi connectivity index (χ0) is 13.7. The van der Waals surface area contributed by atoms with Crippen LogP contribution in [-0.2, 0) is 4.74 Å². The van der Waals surface area contributed by atoms with Crippen molar-refractivity contribution in [1.29, 1.82) is 0 Å². The van der Waals surface area contributed by atoms with Crippen LogP contribution in [0.5, 0.6) is 0 Å². The number of thiocarbonyl (C=S) groups is 1. The standard InChI is InChI=1S/C13H18BrN3OS/c14-10-2-1-3-11(12(10)13(15)19)16-4-5-17-6-8-18-9-7-17/h1-3,16H,4-9H2,(H2,15,19). The van der Waals surface area contributed by atoms with Crippen LogP contribution in [0.25, 0.3) is 0 Å². The molecule has 1 aliphatic rings. The summed E-state index contributed by atoms with van der Waals surface area (Å²) in [6.45, 7) is 5.52. The van der Waals surface area contributed by atoms with Gasteiger partial charge in [0.15, 0.2) is 0 Å². The van der Waals surface area contributed by atoms with Crippen LogP contribution in [0.15, 0.2) is 22.7 Å². The molecule has 0 aliphatic carbocycles. The number of nitrogens with zero attached hydrogens (tertiary/aromatic N) is 1. The first-order valence-electron chi connectivity index (χ1n) is 6.31. The number of morpholine rings is 1. The smallest absolute Gasteiger partial charge is 0.107 e. The van der Waals surface area contributed by atoms with Crippen LogP contribution >= 0.6 is 28.1 Å². The maximum atomic E-state index is 5.76. The molecule has 6 heteroatoms. The van der Waals surface area contributed by atoms with Gasteiger partial charge in [0.25, 0.3) is 0 Å². The number of anilines is 1. The average molecular weight is 344 g/mol. The van der Waals surface area contributed by atoms with E-state index < -0.39 is 0 Å². The maximum Gasteiger partial charge on any atom is 0.107 e. The highest BCUT2D eigenvalue weighted by atomic mass is 79.9. The fraction of sp³-hybridized carbons (Fsp3) is 0.462. The summed E-state index contributed by atoms with van der Waals surface area (Å²) < 4.78 is 6.26. The van der Waals surface area contributed by atoms with Crippen molar-refractivity contribution in [3.05, 3.63) is 28.2 Å². The Morgan fingerprint density at radius 1 is 1.42 bits per heavy atom. The summed E-state index contributed by atoms with van der Waals surface area (Å²) in [4.78, 5) is 2.79. The van der Waals surface area contributed by atoms with Crippen LogP contribution in [0, 0.1) is 0 Å². The molecule has 0 bridgehead atoms. The van der Waals surface area contributed by atoms with Crippen molar-refractivity contribution in [2.45, 2.75) is 0 Å². The van der Waals surface area contributed by atoms with E-state index in [0.717, 1.165) is 55.1 Å². The lowest BCUT2D eigenvalue weighted by molar-refractivity contribution is 0.0398. The van der Waals surface area contributed by atoms with Gasteiger partial charge in [-0.3, -0.25) is 4.90 Å². The molecule has 104 valence electrons. The molecule has 1 aromatic carbocycles. The molecule has 0 spiro atoms. The van der Waals surface area contributed by atoms with E-state index in [1.807, 2.05) is 18.2 Å². The lowest BCUT2D eigenvalue weighted by Gasteiger charge is -2.26. The highest BCUT2D eigenvalue weighted by molar-refractivity contribution is 9.10. The lowest BCUT2D eigenvalue weighted by atomic mass is 10.2. The predicted molar refractivity (Wildman–Crippen MR) is 85.8 cm³/mol. The van der Waals surface area contributed by atoms with Crippen molar-refractivity contribution < 1.29 is 4.74 Å². The summed E-state index contributed by atoms with van der Waals surface area (Å²) in [6, 6.07) is 5.92. The van der Waals surface area contributed by atoms with Crippen molar-refractivity contribution in [2.75, 3.05) is 44.7 Å². The summed E-state index contributed by atoms with van der Waals surface area (Å²) in [7, 11) is 0. The summed E-state index contributed by atoms with van der Waals surface area (Å²) in [5.74, 6) is 0. The molecular formula is C13H18BrN3OS. The molecule has 1 saturated heterocycles. The molecule has 3 N–H and O–H groups in total. The van der Waals surface area contributed by atoms with Crippen LogP contribution in [-0.4, -0.2) is 49.3 Å². The van der Waals surface area contributed by atoms with Crippen molar-refractivity contribution in [1.82, 2.24) is 4.90 Å². The highest BCUT2D eigenvalue weighted by Crippen LogP contribution is 2.24. The second-order valence-electron chi connectivity index (χ2n) is 4.41. The minimum atomic E-state index is 0.404. The van der Waals surface area contributed by atoms with Crippen LogP contribution in [0.2, 0.25) is 0 Å². The summed E-state index contributed by atoms with van der Waals surface area (Å²) in [5, 5.41) is 3.40. The summed E-state index contributed by atoms with van der Waals surface area (Å²) in [6.07, 6.45) is 0. The molecule has 1 aliphatic heterocycles. The number of benzene rings is 1. The Labute approximate surface area is 127 Å². The number of halogens is 1. The van der Waals surface area contributed by atoms with Crippen molar-refractivity contribution >= 4 is 38.8 Å². The van der Waals surface area contributed by atoms with Crippen molar-refractivity contribution in [3.8, 4) is 0 Å². The topological polar surface area (TPSA) is 50.5 Å². The quantitative estimate of drug-likeness (QED) is 0.799. The summed E-state index contributed by atoms with van der Waals surface area (Å²) in [5.41, 5.74) is 7.62. The van der Waals surface area contributed by atoms with E-state index in [2.05, 4.69) is 26.1 Å². The van der Waals surface area contributed by atoms with Crippen LogP contribution < -0.4 is 11.1 Å². The molecule has 0 radical (unpaired) electrons. The normalized spacial score (nSPS) is 16.3. The minimum Gasteiger partial charge on any atom is -0.389 e. The Bertz CT molecular complexity index is 450. The van der Waals surface area contributed by atoms with Gasteiger partial charge in [-0.05, 0) is 28.1 Å². The fourth-order valence-corrected chi connectivity index (χ4v) is 3.03. The van der Waals surface area contributed by atoms with Gasteiger partial charge in [-0.1, -0.05) is 18.3 Å². The fourth-order valence-electron chi connectivity index (χ4n) is 2.10. The largest absolute Gasteiger partial charge is 0.389 e. The molecule has 1 heterocycles. The molecule has 2 rings (SSSR count). The van der Waals surface area contributed by atoms with E-state index in [-0.39, 0.29) is 0 Å². The summed E-state index contributed by atoms with van der Waals surface area (Å²) >= 11 is 8.58. The van der Waals surface area contributed by atoms with Gasteiger partial charge in [0.1, 0.15) is 4.99 Å². The predicted octanol–water partition coefficient (Wildman–Crippen LogP) is 1.83. The molecule has 1 fully saturated rings. The molecule has 0 amide bonds. The van der Waals surface area contributed by atoms with Gasteiger partial charge in [-0.25, -0.2) is 0 Å². The van der Waals surface area contributed by atoms with Gasteiger partial charge in [0, 0.05) is 41.9 Å². The van der Waals surface area contributed by atoms with Gasteiger partial charge in [0.2, 0.25) is 0 Å². The number of rotatable bonds is 5. The lowest BCUT2D eigenvalue weighted by Crippen LogP contribution is -2.39. The molecule has 0 unspecified atom stereocenters. The second kappa shape index (κ2) is 7.19. The van der Waals surface area contributed by atoms with Gasteiger partial charge in [0.05, 0.1) is 13.2 Å². The van der Waals surface area contributed by atoms with Crippen LogP contribution in [0.4, 0.5) is 5.69 Å². The van der Waals surface area contributed by atoms with E-state index in [9.17, 15) is 0 Å². The second-order valence-corrected chi connectivity index (χ2v) is 5.70. The molecular weight excluding hydrogens is 326 g/mol. The molecule has 19 heavy (non-hydrogen) atoms. The van der Waals surface area contributed by atoms with Crippen molar-refractivity contribution in [2.24, 2.45) is 5.73 Å². The zero-order valence-corrected chi connectivity index (χ0v) is 13.1. The van der Waals surface area contributed by atoms with E-state index in [0.29, 0.717) is 4.99 Å². The van der Waals surface area contributed by atoms with E-state index in [1.54, 1.807) is 0 Å². The van der Waals surface area contributed by atoms with Crippen LogP contribution in [0.3, 0.4) is 0 Å². The number of ether oxygens (including phenoxy) is 1. The molecule has 4 nitrogen and oxygen atoms in total. The maximum absolute atomic E-state index is 5.76. The minimum absolute atomic E-state index is 0.404. The zero-order valence-electron chi connectivity index (χ0n) is 10.7. The molecule has 0 aromatic heterocycles. The molecule has 0 saturated carbocycles.